The number of hydrogen-bond donors (Lipinski definition) is 1. The first-order chi connectivity index (χ1) is 9.26. The number of halogens is 2. The average molecular weight is 401 g/mol. The van der Waals surface area contributed by atoms with Crippen molar-refractivity contribution >= 4 is 54.4 Å². The minimum atomic E-state index is -0.516. The maximum absolute atomic E-state index is 11.8. The van der Waals surface area contributed by atoms with Crippen LogP contribution < -0.4 is 5.32 Å². The molecule has 0 atom stereocenters. The van der Waals surface area contributed by atoms with Gasteiger partial charge >= 0.3 is 6.09 Å². The third-order valence-corrected chi connectivity index (χ3v) is 3.90. The molecule has 3 nitrogen and oxygen atoms in total. The minimum absolute atomic E-state index is 0.463. The van der Waals surface area contributed by atoms with E-state index in [0.29, 0.717) is 5.69 Å². The van der Waals surface area contributed by atoms with E-state index in [1.165, 1.54) is 0 Å². The van der Waals surface area contributed by atoms with Crippen LogP contribution in [0.15, 0.2) is 39.3 Å². The van der Waals surface area contributed by atoms with Gasteiger partial charge in [-0.3, -0.25) is 5.32 Å². The van der Waals surface area contributed by atoms with Gasteiger partial charge in [0.15, 0.2) is 0 Å². The van der Waals surface area contributed by atoms with Gasteiger partial charge in [0.1, 0.15) is 5.60 Å². The second-order valence-electron chi connectivity index (χ2n) is 5.42. The molecule has 0 spiro atoms. The van der Waals surface area contributed by atoms with E-state index in [4.69, 9.17) is 4.74 Å². The van der Waals surface area contributed by atoms with E-state index in [-0.39, 0.29) is 0 Å². The van der Waals surface area contributed by atoms with Crippen LogP contribution in [0.25, 0.3) is 10.8 Å². The number of amides is 1. The smallest absolute Gasteiger partial charge is 0.412 e. The third kappa shape index (κ3) is 3.73. The Kier molecular flexibility index (Phi) is 4.39. The zero-order valence-corrected chi connectivity index (χ0v) is 14.6. The van der Waals surface area contributed by atoms with Crippen molar-refractivity contribution in [3.8, 4) is 0 Å². The Balaban J connectivity index is 2.30. The van der Waals surface area contributed by atoms with Gasteiger partial charge in [-0.15, -0.1) is 0 Å². The maximum Gasteiger partial charge on any atom is 0.412 e. The maximum atomic E-state index is 11.8. The van der Waals surface area contributed by atoms with Gasteiger partial charge < -0.3 is 4.74 Å². The lowest BCUT2D eigenvalue weighted by Crippen LogP contribution is -2.27. The number of carbonyl (C=O) groups is 1. The van der Waals surface area contributed by atoms with Crippen LogP contribution in [0.5, 0.6) is 0 Å². The Bertz CT molecular complexity index is 663. The summed E-state index contributed by atoms with van der Waals surface area (Å²) in [7, 11) is 0. The van der Waals surface area contributed by atoms with Crippen molar-refractivity contribution in [2.75, 3.05) is 5.32 Å². The molecule has 0 saturated carbocycles. The predicted octanol–water partition coefficient (Wildman–Crippen LogP) is 5.71. The molecule has 0 aromatic heterocycles. The highest BCUT2D eigenvalue weighted by Crippen LogP contribution is 2.33. The third-order valence-electron chi connectivity index (χ3n) is 2.55. The first kappa shape index (κ1) is 15.3. The molecule has 0 bridgehead atoms. The van der Waals surface area contributed by atoms with Crippen LogP contribution in [0.1, 0.15) is 20.8 Å². The Morgan fingerprint density at radius 2 is 1.85 bits per heavy atom. The summed E-state index contributed by atoms with van der Waals surface area (Å²) in [5.74, 6) is 0. The molecule has 1 amide bonds. The number of ether oxygens (including phenoxy) is 1. The molecule has 2 rings (SSSR count). The Morgan fingerprint density at radius 3 is 2.50 bits per heavy atom. The molecule has 0 saturated heterocycles. The minimum Gasteiger partial charge on any atom is -0.444 e. The number of rotatable bonds is 1. The lowest BCUT2D eigenvalue weighted by atomic mass is 10.1. The van der Waals surface area contributed by atoms with Gasteiger partial charge in [0.05, 0.1) is 5.69 Å². The molecule has 0 heterocycles. The molecule has 0 unspecified atom stereocenters. The zero-order valence-electron chi connectivity index (χ0n) is 11.5. The van der Waals surface area contributed by atoms with E-state index in [9.17, 15) is 4.79 Å². The van der Waals surface area contributed by atoms with Crippen molar-refractivity contribution in [2.24, 2.45) is 0 Å². The molecule has 0 radical (unpaired) electrons. The molecular formula is C15H15Br2NO2. The summed E-state index contributed by atoms with van der Waals surface area (Å²) < 4.78 is 7.11. The van der Waals surface area contributed by atoms with Crippen molar-refractivity contribution in [1.29, 1.82) is 0 Å². The van der Waals surface area contributed by atoms with Crippen LogP contribution in [0, 0.1) is 0 Å². The van der Waals surface area contributed by atoms with Crippen LogP contribution in [0.2, 0.25) is 0 Å². The van der Waals surface area contributed by atoms with Gasteiger partial charge in [-0.1, -0.05) is 28.1 Å². The van der Waals surface area contributed by atoms with Gasteiger partial charge in [0, 0.05) is 8.95 Å². The van der Waals surface area contributed by atoms with Crippen molar-refractivity contribution in [1.82, 2.24) is 0 Å². The van der Waals surface area contributed by atoms with Crippen molar-refractivity contribution in [3.63, 3.8) is 0 Å². The largest absolute Gasteiger partial charge is 0.444 e. The van der Waals surface area contributed by atoms with Gasteiger partial charge in [0.25, 0.3) is 0 Å². The van der Waals surface area contributed by atoms with E-state index in [0.717, 1.165) is 19.7 Å². The van der Waals surface area contributed by atoms with Crippen molar-refractivity contribution in [2.45, 2.75) is 26.4 Å². The summed E-state index contributed by atoms with van der Waals surface area (Å²) in [6, 6.07) is 9.78. The molecule has 2 aromatic rings. The molecule has 20 heavy (non-hydrogen) atoms. The summed E-state index contributed by atoms with van der Waals surface area (Å²) in [5, 5.41) is 4.87. The second-order valence-corrected chi connectivity index (χ2v) is 7.13. The summed E-state index contributed by atoms with van der Waals surface area (Å²) in [6.45, 7) is 5.50. The molecule has 0 aliphatic heterocycles. The predicted molar refractivity (Wildman–Crippen MR) is 89.2 cm³/mol. The fraction of sp³-hybridized carbons (Fsp3) is 0.267. The molecule has 106 valence electrons. The normalized spacial score (nSPS) is 11.4. The van der Waals surface area contributed by atoms with E-state index in [1.54, 1.807) is 0 Å². The number of carbonyl (C=O) groups excluding carboxylic acids is 1. The number of anilines is 1. The average Bonchev–Trinajstić information content (AvgIpc) is 2.30. The quantitative estimate of drug-likeness (QED) is 0.665. The highest BCUT2D eigenvalue weighted by molar-refractivity contribution is 9.11. The Morgan fingerprint density at radius 1 is 1.15 bits per heavy atom. The van der Waals surface area contributed by atoms with E-state index in [1.807, 2.05) is 51.1 Å². The fourth-order valence-electron chi connectivity index (χ4n) is 1.77. The lowest BCUT2D eigenvalue weighted by molar-refractivity contribution is 0.0636. The van der Waals surface area contributed by atoms with Crippen LogP contribution in [0.4, 0.5) is 10.5 Å². The van der Waals surface area contributed by atoms with Crippen LogP contribution in [0.3, 0.4) is 0 Å². The second kappa shape index (κ2) is 5.74. The fourth-order valence-corrected chi connectivity index (χ4v) is 2.74. The number of fused-ring (bicyclic) bond motifs is 1. The van der Waals surface area contributed by atoms with Gasteiger partial charge in [0.2, 0.25) is 0 Å². The Labute approximate surface area is 134 Å². The summed E-state index contributed by atoms with van der Waals surface area (Å²) >= 11 is 6.97. The molecular weight excluding hydrogens is 386 g/mol. The topological polar surface area (TPSA) is 38.3 Å². The first-order valence-corrected chi connectivity index (χ1v) is 7.73. The van der Waals surface area contributed by atoms with E-state index < -0.39 is 11.7 Å². The van der Waals surface area contributed by atoms with Gasteiger partial charge in [-0.2, -0.15) is 0 Å². The number of hydrogen-bond acceptors (Lipinski definition) is 2. The molecule has 5 heteroatoms. The summed E-state index contributed by atoms with van der Waals surface area (Å²) in [5.41, 5.74) is 0.173. The van der Waals surface area contributed by atoms with Gasteiger partial charge in [-0.25, -0.2) is 4.79 Å². The molecule has 0 aliphatic carbocycles. The SMILES string of the molecule is CC(C)(C)OC(=O)Nc1ccc2cc(Br)ccc2c1Br. The first-order valence-electron chi connectivity index (χ1n) is 6.14. The van der Waals surface area contributed by atoms with Gasteiger partial charge in [-0.05, 0) is 65.7 Å². The standard InChI is InChI=1S/C15H15Br2NO2/c1-15(2,3)20-14(19)18-12-7-4-9-8-10(16)5-6-11(9)13(12)17/h4-8H,1-3H3,(H,18,19). The summed E-state index contributed by atoms with van der Waals surface area (Å²) in [4.78, 5) is 11.8. The van der Waals surface area contributed by atoms with Crippen molar-refractivity contribution in [3.05, 3.63) is 39.3 Å². The van der Waals surface area contributed by atoms with E-state index in [2.05, 4.69) is 37.2 Å². The highest BCUT2D eigenvalue weighted by atomic mass is 79.9. The lowest BCUT2D eigenvalue weighted by Gasteiger charge is -2.20. The van der Waals surface area contributed by atoms with Crippen LogP contribution in [-0.4, -0.2) is 11.7 Å². The highest BCUT2D eigenvalue weighted by Gasteiger charge is 2.17. The van der Waals surface area contributed by atoms with Crippen molar-refractivity contribution < 1.29 is 9.53 Å². The zero-order chi connectivity index (χ0) is 14.9. The van der Waals surface area contributed by atoms with Crippen LogP contribution in [-0.2, 0) is 4.74 Å². The number of nitrogens with one attached hydrogen (secondary N) is 1. The monoisotopic (exact) mass is 399 g/mol. The Hall–Kier alpha value is -1.07. The summed E-state index contributed by atoms with van der Waals surface area (Å²) in [6.07, 6.45) is -0.463. The van der Waals surface area contributed by atoms with Crippen LogP contribution >= 0.6 is 31.9 Å². The number of benzene rings is 2. The van der Waals surface area contributed by atoms with E-state index >= 15 is 0 Å². The molecule has 0 fully saturated rings. The molecule has 0 aliphatic rings. The molecule has 1 N–H and O–H groups in total. The molecule has 2 aromatic carbocycles.